The van der Waals surface area contributed by atoms with E-state index in [1.807, 2.05) is 0 Å². The van der Waals surface area contributed by atoms with Gasteiger partial charge in [0, 0.05) is 7.05 Å². The molecule has 0 aliphatic rings. The van der Waals surface area contributed by atoms with Crippen LogP contribution in [0, 0.1) is 6.92 Å². The molecule has 0 radical (unpaired) electrons. The predicted octanol–water partition coefficient (Wildman–Crippen LogP) is 0.841. The highest BCUT2D eigenvalue weighted by molar-refractivity contribution is 6.00. The molecule has 4 N–H and O–H groups in total. The summed E-state index contributed by atoms with van der Waals surface area (Å²) in [5, 5.41) is 12.3. The summed E-state index contributed by atoms with van der Waals surface area (Å²) in [5.41, 5.74) is 6.50. The number of aryl methyl sites for hydroxylation is 1. The summed E-state index contributed by atoms with van der Waals surface area (Å²) in [6.07, 6.45) is 0. The van der Waals surface area contributed by atoms with Gasteiger partial charge in [0.2, 0.25) is 0 Å². The molecule has 0 saturated carbocycles. The molecule has 0 bridgehead atoms. The van der Waals surface area contributed by atoms with E-state index in [4.69, 9.17) is 5.73 Å². The van der Waals surface area contributed by atoms with E-state index in [1.54, 1.807) is 26.1 Å². The molecule has 0 saturated heterocycles. The summed E-state index contributed by atoms with van der Waals surface area (Å²) in [6.45, 7) is 1.75. The lowest BCUT2D eigenvalue weighted by molar-refractivity contribution is 0.100. The molecule has 4 nitrogen and oxygen atoms in total. The second kappa shape index (κ2) is 3.35. The lowest BCUT2D eigenvalue weighted by atomic mass is 10.1. The Balaban J connectivity index is 3.38. The molecule has 0 aliphatic heterocycles. The highest BCUT2D eigenvalue weighted by atomic mass is 16.3. The van der Waals surface area contributed by atoms with Crippen LogP contribution in [-0.2, 0) is 0 Å². The van der Waals surface area contributed by atoms with Gasteiger partial charge in [0.25, 0.3) is 5.91 Å². The van der Waals surface area contributed by atoms with Crippen LogP contribution >= 0.6 is 0 Å². The van der Waals surface area contributed by atoms with Crippen LogP contribution < -0.4 is 11.1 Å². The molecule has 70 valence electrons. The minimum Gasteiger partial charge on any atom is -0.505 e. The Morgan fingerprint density at radius 1 is 1.54 bits per heavy atom. The Morgan fingerprint density at radius 2 is 2.15 bits per heavy atom. The van der Waals surface area contributed by atoms with E-state index in [-0.39, 0.29) is 5.75 Å². The number of nitrogens with one attached hydrogen (secondary N) is 1. The number of anilines is 1. The van der Waals surface area contributed by atoms with E-state index in [0.717, 1.165) is 0 Å². The quantitative estimate of drug-likeness (QED) is 0.590. The summed E-state index contributed by atoms with van der Waals surface area (Å²) in [4.78, 5) is 10.9. The van der Waals surface area contributed by atoms with Crippen molar-refractivity contribution >= 4 is 11.6 Å². The van der Waals surface area contributed by atoms with Gasteiger partial charge >= 0.3 is 0 Å². The maximum atomic E-state index is 10.9. The maximum Gasteiger partial charge on any atom is 0.250 e. The number of hydrogen-bond acceptors (Lipinski definition) is 3. The number of carbonyl (C=O) groups excluding carboxylic acids is 1. The van der Waals surface area contributed by atoms with Gasteiger partial charge in [-0.1, -0.05) is 6.07 Å². The topological polar surface area (TPSA) is 75.3 Å². The third-order valence-corrected chi connectivity index (χ3v) is 1.90. The van der Waals surface area contributed by atoms with Gasteiger partial charge in [-0.3, -0.25) is 4.79 Å². The van der Waals surface area contributed by atoms with Gasteiger partial charge in [-0.15, -0.1) is 0 Å². The molecule has 0 heterocycles. The van der Waals surface area contributed by atoms with Gasteiger partial charge in [-0.2, -0.15) is 0 Å². The average Bonchev–Trinajstić information content (AvgIpc) is 2.09. The monoisotopic (exact) mass is 180 g/mol. The summed E-state index contributed by atoms with van der Waals surface area (Å²) >= 11 is 0. The first-order valence-corrected chi connectivity index (χ1v) is 3.88. The van der Waals surface area contributed by atoms with Crippen molar-refractivity contribution in [2.75, 3.05) is 12.4 Å². The van der Waals surface area contributed by atoms with Crippen LogP contribution in [0.5, 0.6) is 5.75 Å². The van der Waals surface area contributed by atoms with Gasteiger partial charge in [-0.05, 0) is 18.6 Å². The number of primary amides is 1. The van der Waals surface area contributed by atoms with Crippen molar-refractivity contribution in [1.82, 2.24) is 0 Å². The zero-order valence-corrected chi connectivity index (χ0v) is 7.59. The van der Waals surface area contributed by atoms with E-state index < -0.39 is 5.91 Å². The number of amides is 1. The fourth-order valence-corrected chi connectivity index (χ4v) is 1.15. The van der Waals surface area contributed by atoms with Crippen molar-refractivity contribution in [2.45, 2.75) is 6.92 Å². The zero-order chi connectivity index (χ0) is 10.0. The minimum atomic E-state index is -0.556. The van der Waals surface area contributed by atoms with Gasteiger partial charge in [0.15, 0.2) is 0 Å². The van der Waals surface area contributed by atoms with E-state index in [2.05, 4.69) is 5.32 Å². The molecular weight excluding hydrogens is 168 g/mol. The first-order chi connectivity index (χ1) is 6.07. The largest absolute Gasteiger partial charge is 0.505 e. The molecule has 0 spiro atoms. The normalized spacial score (nSPS) is 9.69. The maximum absolute atomic E-state index is 10.9. The number of phenolic OH excluding ortho intramolecular Hbond substituents is 1. The van der Waals surface area contributed by atoms with Gasteiger partial charge in [0.1, 0.15) is 5.75 Å². The van der Waals surface area contributed by atoms with Crippen molar-refractivity contribution in [3.05, 3.63) is 23.3 Å². The van der Waals surface area contributed by atoms with Crippen molar-refractivity contribution < 1.29 is 9.90 Å². The van der Waals surface area contributed by atoms with E-state index in [9.17, 15) is 9.90 Å². The molecule has 0 unspecified atom stereocenters. The SMILES string of the molecule is CNc1c(C(N)=O)ccc(C)c1O. The number of hydrogen-bond donors (Lipinski definition) is 3. The van der Waals surface area contributed by atoms with Crippen LogP contribution in [0.3, 0.4) is 0 Å². The molecule has 0 fully saturated rings. The molecule has 1 amide bonds. The molecule has 13 heavy (non-hydrogen) atoms. The fourth-order valence-electron chi connectivity index (χ4n) is 1.15. The fraction of sp³-hybridized carbons (Fsp3) is 0.222. The smallest absolute Gasteiger partial charge is 0.250 e. The molecule has 1 rings (SSSR count). The van der Waals surface area contributed by atoms with Gasteiger partial charge in [-0.25, -0.2) is 0 Å². The number of rotatable bonds is 2. The second-order valence-electron chi connectivity index (χ2n) is 2.77. The highest BCUT2D eigenvalue weighted by Crippen LogP contribution is 2.30. The average molecular weight is 180 g/mol. The Bertz CT molecular complexity index is 348. The first-order valence-electron chi connectivity index (χ1n) is 3.88. The van der Waals surface area contributed by atoms with Crippen LogP contribution in [0.25, 0.3) is 0 Å². The van der Waals surface area contributed by atoms with Crippen molar-refractivity contribution in [3.63, 3.8) is 0 Å². The Labute approximate surface area is 76.4 Å². The number of aromatic hydroxyl groups is 1. The standard InChI is InChI=1S/C9H12N2O2/c1-5-3-4-6(9(10)13)7(11-2)8(5)12/h3-4,11-12H,1-2H3,(H2,10,13). The third kappa shape index (κ3) is 1.56. The van der Waals surface area contributed by atoms with Crippen molar-refractivity contribution in [2.24, 2.45) is 5.73 Å². The summed E-state index contributed by atoms with van der Waals surface area (Å²) < 4.78 is 0. The summed E-state index contributed by atoms with van der Waals surface area (Å²) in [7, 11) is 1.63. The lowest BCUT2D eigenvalue weighted by Crippen LogP contribution is -2.13. The minimum absolute atomic E-state index is 0.0683. The molecule has 0 atom stereocenters. The Morgan fingerprint density at radius 3 is 2.62 bits per heavy atom. The summed E-state index contributed by atoms with van der Waals surface area (Å²) in [6, 6.07) is 3.24. The zero-order valence-electron chi connectivity index (χ0n) is 7.59. The van der Waals surface area contributed by atoms with Crippen molar-refractivity contribution in [1.29, 1.82) is 0 Å². The van der Waals surface area contributed by atoms with Crippen LogP contribution in [0.4, 0.5) is 5.69 Å². The Hall–Kier alpha value is -1.71. The van der Waals surface area contributed by atoms with Crippen molar-refractivity contribution in [3.8, 4) is 5.75 Å². The third-order valence-electron chi connectivity index (χ3n) is 1.90. The molecular formula is C9H12N2O2. The number of phenols is 1. The van der Waals surface area contributed by atoms with E-state index >= 15 is 0 Å². The molecule has 4 heteroatoms. The lowest BCUT2D eigenvalue weighted by Gasteiger charge is -2.09. The predicted molar refractivity (Wildman–Crippen MR) is 50.9 cm³/mol. The molecule has 0 aliphatic carbocycles. The number of carbonyl (C=O) groups is 1. The van der Waals surface area contributed by atoms with Gasteiger partial charge < -0.3 is 16.2 Å². The summed E-state index contributed by atoms with van der Waals surface area (Å²) in [5.74, 6) is -0.488. The van der Waals surface area contributed by atoms with Crippen LogP contribution in [0.2, 0.25) is 0 Å². The van der Waals surface area contributed by atoms with Crippen LogP contribution in [-0.4, -0.2) is 18.1 Å². The van der Waals surface area contributed by atoms with Gasteiger partial charge in [0.05, 0.1) is 11.3 Å². The molecule has 0 aromatic heterocycles. The van der Waals surface area contributed by atoms with E-state index in [0.29, 0.717) is 16.8 Å². The second-order valence-corrected chi connectivity index (χ2v) is 2.77. The number of benzene rings is 1. The Kier molecular flexibility index (Phi) is 2.41. The molecule has 1 aromatic carbocycles. The first kappa shape index (κ1) is 9.38. The highest BCUT2D eigenvalue weighted by Gasteiger charge is 2.12. The van der Waals surface area contributed by atoms with E-state index in [1.165, 1.54) is 0 Å². The van der Waals surface area contributed by atoms with Crippen LogP contribution in [0.15, 0.2) is 12.1 Å². The number of nitrogens with two attached hydrogens (primary N) is 1. The van der Waals surface area contributed by atoms with Crippen LogP contribution in [0.1, 0.15) is 15.9 Å². The molecule has 1 aromatic rings.